The van der Waals surface area contributed by atoms with Crippen LogP contribution in [0.25, 0.3) is 0 Å². The summed E-state index contributed by atoms with van der Waals surface area (Å²) in [4.78, 5) is 34.0. The molecular weight excluding hydrogens is 242 g/mol. The first-order valence-electron chi connectivity index (χ1n) is 5.45. The third-order valence-electron chi connectivity index (χ3n) is 1.96. The van der Waals surface area contributed by atoms with Gasteiger partial charge in [0.05, 0.1) is 0 Å². The molecule has 0 aromatic carbocycles. The summed E-state index contributed by atoms with van der Waals surface area (Å²) < 4.78 is 4.89. The second-order valence-electron chi connectivity index (χ2n) is 5.16. The maximum absolute atomic E-state index is 11.7. The number of ether oxygens (including phenoxy) is 1. The lowest BCUT2D eigenvalue weighted by atomic mass is 10.0. The van der Waals surface area contributed by atoms with Crippen LogP contribution in [0.15, 0.2) is 0 Å². The lowest BCUT2D eigenvalue weighted by molar-refractivity contribution is -0.144. The van der Waals surface area contributed by atoms with Gasteiger partial charge in [-0.1, -0.05) is 13.8 Å². The van der Waals surface area contributed by atoms with Crippen LogP contribution in [0, 0.1) is 5.92 Å². The highest BCUT2D eigenvalue weighted by Gasteiger charge is 2.39. The van der Waals surface area contributed by atoms with Crippen molar-refractivity contribution in [1.82, 2.24) is 4.90 Å². The van der Waals surface area contributed by atoms with Crippen molar-refractivity contribution in [2.45, 2.75) is 46.3 Å². The lowest BCUT2D eigenvalue weighted by Gasteiger charge is -2.29. The topological polar surface area (TPSA) is 104 Å². The average molecular weight is 261 g/mol. The minimum absolute atomic E-state index is 0.207. The molecule has 0 aromatic rings. The standard InChI is InChI=1S/C11H19NO6/c1-6(2)7(8(13)14)12(9(15)16)10(17)18-11(3,4)5/h6-7H,1-5H3,(H,13,14)(H,15,16). The van der Waals surface area contributed by atoms with Gasteiger partial charge in [-0.2, -0.15) is 4.90 Å². The van der Waals surface area contributed by atoms with Gasteiger partial charge >= 0.3 is 18.2 Å². The van der Waals surface area contributed by atoms with Crippen LogP contribution in [-0.2, 0) is 9.53 Å². The number of hydrogen-bond donors (Lipinski definition) is 2. The summed E-state index contributed by atoms with van der Waals surface area (Å²) in [6.07, 6.45) is -2.83. The third kappa shape index (κ3) is 4.60. The van der Waals surface area contributed by atoms with E-state index in [1.54, 1.807) is 20.8 Å². The SMILES string of the molecule is CC(C)C(C(=O)O)N(C(=O)O)C(=O)OC(C)(C)C. The summed E-state index contributed by atoms with van der Waals surface area (Å²) in [5.41, 5.74) is -0.898. The summed E-state index contributed by atoms with van der Waals surface area (Å²) >= 11 is 0. The predicted molar refractivity (Wildman–Crippen MR) is 62.4 cm³/mol. The second kappa shape index (κ2) is 5.70. The molecule has 1 unspecified atom stereocenters. The number of hydrogen-bond acceptors (Lipinski definition) is 4. The van der Waals surface area contributed by atoms with Crippen LogP contribution in [0.4, 0.5) is 9.59 Å². The van der Waals surface area contributed by atoms with E-state index in [1.165, 1.54) is 13.8 Å². The zero-order valence-electron chi connectivity index (χ0n) is 11.1. The summed E-state index contributed by atoms with van der Waals surface area (Å²) in [5, 5.41) is 18.0. The van der Waals surface area contributed by atoms with E-state index in [0.717, 1.165) is 0 Å². The molecule has 104 valence electrons. The number of carbonyl (C=O) groups is 3. The molecule has 1 atom stereocenters. The Morgan fingerprint density at radius 3 is 1.78 bits per heavy atom. The van der Waals surface area contributed by atoms with Crippen molar-refractivity contribution < 1.29 is 29.3 Å². The highest BCUT2D eigenvalue weighted by atomic mass is 16.6. The van der Waals surface area contributed by atoms with Crippen molar-refractivity contribution in [2.75, 3.05) is 0 Å². The first kappa shape index (κ1) is 16.2. The van der Waals surface area contributed by atoms with E-state index in [4.69, 9.17) is 14.9 Å². The normalized spacial score (nSPS) is 13.0. The molecule has 18 heavy (non-hydrogen) atoms. The molecule has 0 aromatic heterocycles. The van der Waals surface area contributed by atoms with E-state index < -0.39 is 35.7 Å². The van der Waals surface area contributed by atoms with Gasteiger partial charge < -0.3 is 14.9 Å². The highest BCUT2D eigenvalue weighted by Crippen LogP contribution is 2.17. The van der Waals surface area contributed by atoms with E-state index in [1.807, 2.05) is 0 Å². The molecule has 2 N–H and O–H groups in total. The molecule has 0 aliphatic rings. The van der Waals surface area contributed by atoms with Gasteiger partial charge in [-0.05, 0) is 26.7 Å². The fraction of sp³-hybridized carbons (Fsp3) is 0.727. The van der Waals surface area contributed by atoms with Gasteiger partial charge in [0.15, 0.2) is 0 Å². The second-order valence-corrected chi connectivity index (χ2v) is 5.16. The van der Waals surface area contributed by atoms with Crippen LogP contribution in [-0.4, -0.2) is 44.9 Å². The highest BCUT2D eigenvalue weighted by molar-refractivity contribution is 5.92. The molecule has 0 rings (SSSR count). The maximum Gasteiger partial charge on any atom is 0.420 e. The van der Waals surface area contributed by atoms with Crippen molar-refractivity contribution >= 4 is 18.2 Å². The Kier molecular flexibility index (Phi) is 5.13. The minimum atomic E-state index is -1.65. The number of nitrogens with zero attached hydrogens (tertiary/aromatic N) is 1. The van der Waals surface area contributed by atoms with Crippen molar-refractivity contribution in [3.8, 4) is 0 Å². The van der Waals surface area contributed by atoms with Crippen LogP contribution in [0.3, 0.4) is 0 Å². The van der Waals surface area contributed by atoms with Gasteiger partial charge in [0, 0.05) is 0 Å². The molecule has 0 spiro atoms. The fourth-order valence-electron chi connectivity index (χ4n) is 1.32. The van der Waals surface area contributed by atoms with Gasteiger partial charge in [0.25, 0.3) is 0 Å². The van der Waals surface area contributed by atoms with Crippen molar-refractivity contribution in [2.24, 2.45) is 5.92 Å². The Morgan fingerprint density at radius 2 is 1.56 bits per heavy atom. The molecule has 2 amide bonds. The van der Waals surface area contributed by atoms with E-state index in [2.05, 4.69) is 0 Å². The van der Waals surface area contributed by atoms with Crippen LogP contribution >= 0.6 is 0 Å². The number of aliphatic carboxylic acids is 1. The first-order chi connectivity index (χ1) is 7.97. The number of imide groups is 1. The first-order valence-corrected chi connectivity index (χ1v) is 5.45. The zero-order chi connectivity index (χ0) is 14.7. The van der Waals surface area contributed by atoms with Gasteiger partial charge in [-0.25, -0.2) is 14.4 Å². The molecule has 0 heterocycles. The molecule has 0 fully saturated rings. The van der Waals surface area contributed by atoms with Gasteiger partial charge in [-0.15, -0.1) is 0 Å². The molecule has 7 heteroatoms. The van der Waals surface area contributed by atoms with Gasteiger partial charge in [0.1, 0.15) is 11.6 Å². The molecular formula is C11H19NO6. The Balaban J connectivity index is 5.24. The summed E-state index contributed by atoms with van der Waals surface area (Å²) in [5.74, 6) is -1.95. The van der Waals surface area contributed by atoms with Crippen molar-refractivity contribution in [3.63, 3.8) is 0 Å². The van der Waals surface area contributed by atoms with Gasteiger partial charge in [0.2, 0.25) is 0 Å². The largest absolute Gasteiger partial charge is 0.480 e. The molecule has 0 aliphatic carbocycles. The van der Waals surface area contributed by atoms with Crippen molar-refractivity contribution in [3.05, 3.63) is 0 Å². The van der Waals surface area contributed by atoms with Crippen LogP contribution in [0.5, 0.6) is 0 Å². The third-order valence-corrected chi connectivity index (χ3v) is 1.96. The quantitative estimate of drug-likeness (QED) is 0.805. The number of rotatable bonds is 3. The van der Waals surface area contributed by atoms with E-state index in [9.17, 15) is 14.4 Å². The van der Waals surface area contributed by atoms with E-state index in [-0.39, 0.29) is 4.90 Å². The summed E-state index contributed by atoms with van der Waals surface area (Å²) in [6, 6.07) is -1.47. The molecule has 0 radical (unpaired) electrons. The number of carboxylic acids is 1. The molecule has 0 bridgehead atoms. The Bertz CT molecular complexity index is 344. The predicted octanol–water partition coefficient (Wildman–Crippen LogP) is 2.01. The Morgan fingerprint density at radius 1 is 1.11 bits per heavy atom. The Hall–Kier alpha value is -1.79. The molecule has 0 saturated carbocycles. The smallest absolute Gasteiger partial charge is 0.420 e. The maximum atomic E-state index is 11.7. The zero-order valence-corrected chi connectivity index (χ0v) is 11.1. The fourth-order valence-corrected chi connectivity index (χ4v) is 1.32. The van der Waals surface area contributed by atoms with Crippen LogP contribution in [0.1, 0.15) is 34.6 Å². The number of amides is 2. The number of carboxylic acid groups (broad SMARTS) is 2. The summed E-state index contributed by atoms with van der Waals surface area (Å²) in [6.45, 7) is 7.72. The molecule has 0 saturated heterocycles. The monoisotopic (exact) mass is 261 g/mol. The number of carbonyl (C=O) groups excluding carboxylic acids is 1. The summed E-state index contributed by atoms with van der Waals surface area (Å²) in [7, 11) is 0. The van der Waals surface area contributed by atoms with Gasteiger partial charge in [-0.3, -0.25) is 0 Å². The minimum Gasteiger partial charge on any atom is -0.480 e. The lowest BCUT2D eigenvalue weighted by Crippen LogP contribution is -2.52. The Labute approximate surface area is 105 Å². The van der Waals surface area contributed by atoms with Crippen LogP contribution < -0.4 is 0 Å². The molecule has 0 aliphatic heterocycles. The van der Waals surface area contributed by atoms with Crippen molar-refractivity contribution in [1.29, 1.82) is 0 Å². The molecule has 7 nitrogen and oxygen atoms in total. The van der Waals surface area contributed by atoms with Crippen LogP contribution in [0.2, 0.25) is 0 Å². The average Bonchev–Trinajstić information content (AvgIpc) is 2.08. The van der Waals surface area contributed by atoms with E-state index in [0.29, 0.717) is 0 Å². The van der Waals surface area contributed by atoms with E-state index >= 15 is 0 Å².